The Morgan fingerprint density at radius 3 is 2.96 bits per heavy atom. The van der Waals surface area contributed by atoms with E-state index in [9.17, 15) is 4.79 Å². The Morgan fingerprint density at radius 2 is 2.08 bits per heavy atom. The summed E-state index contributed by atoms with van der Waals surface area (Å²) in [5, 5.41) is 7.21. The van der Waals surface area contributed by atoms with Crippen molar-refractivity contribution in [2.24, 2.45) is 0 Å². The third-order valence-electron chi connectivity index (χ3n) is 4.97. The van der Waals surface area contributed by atoms with Gasteiger partial charge in [-0.1, -0.05) is 6.07 Å². The molecule has 2 aromatic heterocycles. The van der Waals surface area contributed by atoms with Crippen LogP contribution in [0.15, 0.2) is 24.5 Å². The number of hydrogen-bond acceptors (Lipinski definition) is 4. The maximum atomic E-state index is 12.4. The van der Waals surface area contributed by atoms with Gasteiger partial charge in [0.2, 0.25) is 5.91 Å². The van der Waals surface area contributed by atoms with Crippen molar-refractivity contribution in [3.05, 3.63) is 52.6 Å². The predicted molar refractivity (Wildman–Crippen MR) is 95.7 cm³/mol. The van der Waals surface area contributed by atoms with E-state index in [1.165, 1.54) is 23.9 Å². The van der Waals surface area contributed by atoms with Crippen molar-refractivity contribution in [3.63, 3.8) is 0 Å². The van der Waals surface area contributed by atoms with Crippen LogP contribution >= 0.6 is 0 Å². The molecule has 6 nitrogen and oxygen atoms in total. The third kappa shape index (κ3) is 2.99. The number of anilines is 1. The van der Waals surface area contributed by atoms with Crippen LogP contribution in [0.25, 0.3) is 5.78 Å². The van der Waals surface area contributed by atoms with E-state index in [1.807, 2.05) is 19.9 Å². The van der Waals surface area contributed by atoms with Crippen LogP contribution in [0.1, 0.15) is 40.9 Å². The van der Waals surface area contributed by atoms with Crippen LogP contribution in [0.4, 0.5) is 5.69 Å². The molecule has 128 valence electrons. The minimum Gasteiger partial charge on any atom is -0.326 e. The zero-order chi connectivity index (χ0) is 17.4. The molecule has 0 saturated heterocycles. The highest BCUT2D eigenvalue weighted by atomic mass is 16.1. The van der Waals surface area contributed by atoms with Crippen LogP contribution < -0.4 is 5.32 Å². The molecule has 0 radical (unpaired) electrons. The normalized spacial score (nSPS) is 13.2. The van der Waals surface area contributed by atoms with Gasteiger partial charge in [-0.2, -0.15) is 10.1 Å². The Labute approximate surface area is 146 Å². The van der Waals surface area contributed by atoms with E-state index in [4.69, 9.17) is 0 Å². The number of fused-ring (bicyclic) bond motifs is 2. The first-order chi connectivity index (χ1) is 12.1. The number of nitrogens with zero attached hydrogens (tertiary/aromatic N) is 4. The van der Waals surface area contributed by atoms with Crippen molar-refractivity contribution in [2.75, 3.05) is 5.32 Å². The Hall–Kier alpha value is -2.76. The van der Waals surface area contributed by atoms with Crippen LogP contribution in [-0.4, -0.2) is 25.5 Å². The summed E-state index contributed by atoms with van der Waals surface area (Å²) in [5.74, 6) is 0.622. The van der Waals surface area contributed by atoms with Crippen molar-refractivity contribution in [1.29, 1.82) is 0 Å². The number of hydrogen-bond donors (Lipinski definition) is 1. The number of aryl methyl sites for hydroxylation is 4. The molecular formula is C19H21N5O. The summed E-state index contributed by atoms with van der Waals surface area (Å²) in [6, 6.07) is 6.25. The fourth-order valence-electron chi connectivity index (χ4n) is 3.63. The van der Waals surface area contributed by atoms with Crippen LogP contribution in [0.5, 0.6) is 0 Å². The molecule has 1 aromatic carbocycles. The van der Waals surface area contributed by atoms with Gasteiger partial charge in [-0.15, -0.1) is 0 Å². The summed E-state index contributed by atoms with van der Waals surface area (Å²) in [4.78, 5) is 20.9. The zero-order valence-corrected chi connectivity index (χ0v) is 14.5. The average molecular weight is 335 g/mol. The van der Waals surface area contributed by atoms with Crippen molar-refractivity contribution >= 4 is 17.4 Å². The van der Waals surface area contributed by atoms with Crippen molar-refractivity contribution < 1.29 is 4.79 Å². The summed E-state index contributed by atoms with van der Waals surface area (Å²) in [6.45, 7) is 3.94. The van der Waals surface area contributed by atoms with Gasteiger partial charge in [-0.3, -0.25) is 4.79 Å². The highest BCUT2D eigenvalue weighted by molar-refractivity contribution is 5.91. The van der Waals surface area contributed by atoms with Gasteiger partial charge >= 0.3 is 0 Å². The first-order valence-corrected chi connectivity index (χ1v) is 8.69. The summed E-state index contributed by atoms with van der Waals surface area (Å²) in [6.07, 6.45) is 6.03. The van der Waals surface area contributed by atoms with Gasteiger partial charge in [0.05, 0.1) is 0 Å². The van der Waals surface area contributed by atoms with Gasteiger partial charge in [-0.05, 0) is 68.4 Å². The predicted octanol–water partition coefficient (Wildman–Crippen LogP) is 2.80. The molecule has 0 spiro atoms. The van der Waals surface area contributed by atoms with Crippen LogP contribution in [0.2, 0.25) is 0 Å². The lowest BCUT2D eigenvalue weighted by Gasteiger charge is -2.11. The zero-order valence-electron chi connectivity index (χ0n) is 14.5. The van der Waals surface area contributed by atoms with Crippen molar-refractivity contribution in [3.8, 4) is 0 Å². The number of carbonyl (C=O) groups excluding carboxylic acids is 1. The molecule has 0 aliphatic heterocycles. The standard InChI is InChI=1S/C19H21N5O/c1-12-17(13(2)24-19(22-12)20-11-21-24)8-9-18(25)23-16-7-6-14-4-3-5-15(14)10-16/h6-7,10-11H,3-5,8-9H2,1-2H3,(H,23,25). The quantitative estimate of drug-likeness (QED) is 0.796. The SMILES string of the molecule is Cc1nc2ncnn2c(C)c1CCC(=O)Nc1ccc2c(c1)CCC2. The Balaban J connectivity index is 1.45. The molecular weight excluding hydrogens is 314 g/mol. The van der Waals surface area contributed by atoms with Crippen LogP contribution in [0, 0.1) is 13.8 Å². The van der Waals surface area contributed by atoms with Crippen LogP contribution in [-0.2, 0) is 24.1 Å². The monoisotopic (exact) mass is 335 g/mol. The van der Waals surface area contributed by atoms with Crippen molar-refractivity contribution in [1.82, 2.24) is 19.6 Å². The fourth-order valence-corrected chi connectivity index (χ4v) is 3.63. The molecule has 1 N–H and O–H groups in total. The van der Waals surface area contributed by atoms with E-state index < -0.39 is 0 Å². The Bertz CT molecular complexity index is 960. The minimum absolute atomic E-state index is 0.0236. The molecule has 0 unspecified atom stereocenters. The molecule has 0 bridgehead atoms. The average Bonchev–Trinajstić information content (AvgIpc) is 3.22. The molecule has 25 heavy (non-hydrogen) atoms. The topological polar surface area (TPSA) is 72.2 Å². The lowest BCUT2D eigenvalue weighted by molar-refractivity contribution is -0.116. The second-order valence-electron chi connectivity index (χ2n) is 6.62. The maximum Gasteiger partial charge on any atom is 0.252 e. The lowest BCUT2D eigenvalue weighted by atomic mass is 10.1. The van der Waals surface area contributed by atoms with E-state index in [-0.39, 0.29) is 5.91 Å². The molecule has 0 saturated carbocycles. The summed E-state index contributed by atoms with van der Waals surface area (Å²) in [5.41, 5.74) is 6.63. The molecule has 4 rings (SSSR count). The molecule has 0 atom stereocenters. The first-order valence-electron chi connectivity index (χ1n) is 8.69. The van der Waals surface area contributed by atoms with Gasteiger partial charge in [0, 0.05) is 23.5 Å². The van der Waals surface area contributed by atoms with Gasteiger partial charge in [0.25, 0.3) is 5.78 Å². The summed E-state index contributed by atoms with van der Waals surface area (Å²) in [7, 11) is 0. The third-order valence-corrected chi connectivity index (χ3v) is 4.97. The molecule has 2 heterocycles. The number of rotatable bonds is 4. The largest absolute Gasteiger partial charge is 0.326 e. The number of amides is 1. The second-order valence-corrected chi connectivity index (χ2v) is 6.62. The molecule has 1 aliphatic carbocycles. The number of benzene rings is 1. The van der Waals surface area contributed by atoms with Gasteiger partial charge in [-0.25, -0.2) is 9.50 Å². The fraction of sp³-hybridized carbons (Fsp3) is 0.368. The number of aromatic nitrogens is 4. The Morgan fingerprint density at radius 1 is 1.24 bits per heavy atom. The van der Waals surface area contributed by atoms with E-state index in [0.29, 0.717) is 18.6 Å². The Kier molecular flexibility index (Phi) is 3.95. The summed E-state index contributed by atoms with van der Waals surface area (Å²) >= 11 is 0. The highest BCUT2D eigenvalue weighted by Crippen LogP contribution is 2.25. The molecule has 1 amide bonds. The van der Waals surface area contributed by atoms with E-state index in [1.54, 1.807) is 4.52 Å². The maximum absolute atomic E-state index is 12.4. The number of nitrogens with one attached hydrogen (secondary N) is 1. The number of carbonyl (C=O) groups is 1. The molecule has 1 aliphatic rings. The first kappa shape index (κ1) is 15.7. The molecule has 6 heteroatoms. The smallest absolute Gasteiger partial charge is 0.252 e. The van der Waals surface area contributed by atoms with Gasteiger partial charge in [0.1, 0.15) is 6.33 Å². The second kappa shape index (κ2) is 6.27. The lowest BCUT2D eigenvalue weighted by Crippen LogP contribution is -2.14. The molecule has 0 fully saturated rings. The summed E-state index contributed by atoms with van der Waals surface area (Å²) < 4.78 is 1.72. The highest BCUT2D eigenvalue weighted by Gasteiger charge is 2.14. The minimum atomic E-state index is 0.0236. The van der Waals surface area contributed by atoms with Gasteiger partial charge < -0.3 is 5.32 Å². The van der Waals surface area contributed by atoms with E-state index >= 15 is 0 Å². The van der Waals surface area contributed by atoms with E-state index in [2.05, 4.69) is 32.5 Å². The van der Waals surface area contributed by atoms with Crippen molar-refractivity contribution in [2.45, 2.75) is 46.0 Å². The molecule has 3 aromatic rings. The van der Waals surface area contributed by atoms with Gasteiger partial charge in [0.15, 0.2) is 0 Å². The van der Waals surface area contributed by atoms with Crippen LogP contribution in [0.3, 0.4) is 0 Å². The van der Waals surface area contributed by atoms with E-state index in [0.717, 1.165) is 35.5 Å².